The zero-order valence-electron chi connectivity index (χ0n) is 9.33. The number of nitrogens with one attached hydrogen (secondary N) is 1. The second kappa shape index (κ2) is 5.31. The maximum Gasteiger partial charge on any atom is 0.182 e. The van der Waals surface area contributed by atoms with Gasteiger partial charge in [0, 0.05) is 7.11 Å². The van der Waals surface area contributed by atoms with Crippen molar-refractivity contribution in [3.8, 4) is 0 Å². The maximum absolute atomic E-state index is 12.0. The number of carbonyl (C=O) groups is 1. The number of tetrazole rings is 1. The molecule has 1 unspecified atom stereocenters. The number of aromatic amines is 1. The van der Waals surface area contributed by atoms with Gasteiger partial charge in [-0.2, -0.15) is 5.21 Å². The zero-order chi connectivity index (χ0) is 12.1. The number of hydrogen-bond acceptors (Lipinski definition) is 5. The zero-order valence-corrected chi connectivity index (χ0v) is 9.33. The molecule has 0 aliphatic carbocycles. The van der Waals surface area contributed by atoms with E-state index in [0.29, 0.717) is 5.82 Å². The number of hydrogen-bond donors (Lipinski definition) is 1. The molecule has 0 saturated heterocycles. The van der Waals surface area contributed by atoms with Gasteiger partial charge in [0.25, 0.3) is 0 Å². The van der Waals surface area contributed by atoms with Crippen molar-refractivity contribution >= 4 is 5.78 Å². The molecule has 6 heteroatoms. The molecule has 17 heavy (non-hydrogen) atoms. The van der Waals surface area contributed by atoms with Crippen LogP contribution < -0.4 is 0 Å². The van der Waals surface area contributed by atoms with E-state index in [1.807, 2.05) is 30.3 Å². The number of H-pyrrole nitrogens is 1. The number of ether oxygens (including phenoxy) is 1. The molecule has 6 nitrogen and oxygen atoms in total. The van der Waals surface area contributed by atoms with E-state index < -0.39 is 6.10 Å². The summed E-state index contributed by atoms with van der Waals surface area (Å²) in [5, 5.41) is 13.2. The van der Waals surface area contributed by atoms with Crippen molar-refractivity contribution in [3.63, 3.8) is 0 Å². The largest absolute Gasteiger partial charge is 0.369 e. The Balaban J connectivity index is 2.11. The number of rotatable bonds is 5. The van der Waals surface area contributed by atoms with E-state index in [4.69, 9.17) is 4.74 Å². The van der Waals surface area contributed by atoms with Crippen molar-refractivity contribution in [2.75, 3.05) is 7.11 Å². The molecule has 1 aromatic heterocycles. The van der Waals surface area contributed by atoms with Crippen LogP contribution in [-0.4, -0.2) is 33.5 Å². The van der Waals surface area contributed by atoms with Gasteiger partial charge < -0.3 is 4.74 Å². The van der Waals surface area contributed by atoms with Gasteiger partial charge in [0.05, 0.1) is 6.42 Å². The van der Waals surface area contributed by atoms with Crippen molar-refractivity contribution in [3.05, 3.63) is 41.7 Å². The predicted molar refractivity (Wildman–Crippen MR) is 59.1 cm³/mol. The van der Waals surface area contributed by atoms with Gasteiger partial charge in [-0.05, 0) is 5.56 Å². The highest BCUT2D eigenvalue weighted by molar-refractivity contribution is 5.85. The monoisotopic (exact) mass is 232 g/mol. The molecule has 0 spiro atoms. The van der Waals surface area contributed by atoms with Crippen LogP contribution in [0.3, 0.4) is 0 Å². The fraction of sp³-hybridized carbons (Fsp3) is 0.273. The van der Waals surface area contributed by atoms with Crippen LogP contribution >= 0.6 is 0 Å². The third kappa shape index (κ3) is 2.73. The minimum atomic E-state index is -0.588. The lowest BCUT2D eigenvalue weighted by molar-refractivity contribution is -0.128. The van der Waals surface area contributed by atoms with Crippen LogP contribution in [0.4, 0.5) is 0 Å². The summed E-state index contributed by atoms with van der Waals surface area (Å²) < 4.78 is 5.21. The van der Waals surface area contributed by atoms with Crippen molar-refractivity contribution in [1.82, 2.24) is 20.6 Å². The third-order valence-corrected chi connectivity index (χ3v) is 2.35. The van der Waals surface area contributed by atoms with Crippen molar-refractivity contribution < 1.29 is 9.53 Å². The summed E-state index contributed by atoms with van der Waals surface area (Å²) in [6.07, 6.45) is -0.487. The van der Waals surface area contributed by atoms with Crippen LogP contribution in [0.25, 0.3) is 0 Å². The standard InChI is InChI=1S/C11H12N4O2/c1-17-11(8-5-3-2-4-6-8)9(16)7-10-12-14-15-13-10/h2-6,11H,7H2,1H3,(H,12,13,14,15). The lowest BCUT2D eigenvalue weighted by Gasteiger charge is -2.13. The smallest absolute Gasteiger partial charge is 0.182 e. The molecule has 0 radical (unpaired) electrons. The van der Waals surface area contributed by atoms with E-state index in [2.05, 4.69) is 20.6 Å². The molecule has 0 bridgehead atoms. The molecule has 88 valence electrons. The number of methoxy groups -OCH3 is 1. The van der Waals surface area contributed by atoms with E-state index in [1.165, 1.54) is 7.11 Å². The highest BCUT2D eigenvalue weighted by atomic mass is 16.5. The Morgan fingerprint density at radius 2 is 2.18 bits per heavy atom. The van der Waals surface area contributed by atoms with Crippen molar-refractivity contribution in [1.29, 1.82) is 0 Å². The average Bonchev–Trinajstić information content (AvgIpc) is 2.84. The van der Waals surface area contributed by atoms with Gasteiger partial charge in [-0.3, -0.25) is 4.79 Å². The Labute approximate surface area is 98.0 Å². The Morgan fingerprint density at radius 3 is 2.76 bits per heavy atom. The molecule has 0 saturated carbocycles. The van der Waals surface area contributed by atoms with E-state index in [0.717, 1.165) is 5.56 Å². The van der Waals surface area contributed by atoms with Gasteiger partial charge in [0.15, 0.2) is 11.6 Å². The van der Waals surface area contributed by atoms with E-state index in [-0.39, 0.29) is 12.2 Å². The number of aromatic nitrogens is 4. The van der Waals surface area contributed by atoms with E-state index in [9.17, 15) is 4.79 Å². The van der Waals surface area contributed by atoms with E-state index >= 15 is 0 Å². The highest BCUT2D eigenvalue weighted by Gasteiger charge is 2.21. The summed E-state index contributed by atoms with van der Waals surface area (Å²) in [7, 11) is 1.51. The molecule has 0 aliphatic heterocycles. The summed E-state index contributed by atoms with van der Waals surface area (Å²) in [6.45, 7) is 0. The first kappa shape index (κ1) is 11.4. The van der Waals surface area contributed by atoms with Gasteiger partial charge in [-0.25, -0.2) is 0 Å². The van der Waals surface area contributed by atoms with Gasteiger partial charge >= 0.3 is 0 Å². The minimum Gasteiger partial charge on any atom is -0.369 e. The number of Topliss-reactive ketones (excluding diaryl/α,β-unsaturated/α-hetero) is 1. The summed E-state index contributed by atoms with van der Waals surface area (Å²) in [6, 6.07) is 9.32. The molecule has 2 aromatic rings. The van der Waals surface area contributed by atoms with Crippen LogP contribution in [0.1, 0.15) is 17.5 Å². The van der Waals surface area contributed by atoms with Crippen LogP contribution in [0.5, 0.6) is 0 Å². The number of ketones is 1. The topological polar surface area (TPSA) is 80.8 Å². The first-order valence-electron chi connectivity index (χ1n) is 5.14. The van der Waals surface area contributed by atoms with Gasteiger partial charge in [-0.1, -0.05) is 35.5 Å². The van der Waals surface area contributed by atoms with Crippen molar-refractivity contribution in [2.45, 2.75) is 12.5 Å². The fourth-order valence-corrected chi connectivity index (χ4v) is 1.59. The summed E-state index contributed by atoms with van der Waals surface area (Å²) in [5.41, 5.74) is 0.823. The molecule has 1 heterocycles. The van der Waals surface area contributed by atoms with Crippen LogP contribution in [0, 0.1) is 0 Å². The minimum absolute atomic E-state index is 0.0971. The Bertz CT molecular complexity index is 469. The quantitative estimate of drug-likeness (QED) is 0.820. The third-order valence-electron chi connectivity index (χ3n) is 2.35. The maximum atomic E-state index is 12.0. The number of nitrogens with zero attached hydrogens (tertiary/aromatic N) is 3. The second-order valence-corrected chi connectivity index (χ2v) is 3.50. The van der Waals surface area contributed by atoms with Crippen LogP contribution in [0.2, 0.25) is 0 Å². The molecule has 0 aliphatic rings. The average molecular weight is 232 g/mol. The molecular formula is C11H12N4O2. The molecular weight excluding hydrogens is 220 g/mol. The Kier molecular flexibility index (Phi) is 3.56. The second-order valence-electron chi connectivity index (χ2n) is 3.50. The summed E-state index contributed by atoms with van der Waals surface area (Å²) in [4.78, 5) is 12.0. The lowest BCUT2D eigenvalue weighted by atomic mass is 10.0. The van der Waals surface area contributed by atoms with Crippen molar-refractivity contribution in [2.24, 2.45) is 0 Å². The molecule has 0 fully saturated rings. The fourth-order valence-electron chi connectivity index (χ4n) is 1.59. The normalized spacial score (nSPS) is 12.3. The Hall–Kier alpha value is -2.08. The SMILES string of the molecule is COC(C(=O)Cc1nn[nH]n1)c1ccccc1. The first-order chi connectivity index (χ1) is 8.31. The molecule has 2 rings (SSSR count). The summed E-state index contributed by atoms with van der Waals surface area (Å²) in [5.74, 6) is 0.271. The molecule has 1 atom stereocenters. The van der Waals surface area contributed by atoms with Gasteiger partial charge in [0.2, 0.25) is 0 Å². The van der Waals surface area contributed by atoms with Gasteiger partial charge in [-0.15, -0.1) is 10.2 Å². The predicted octanol–water partition coefficient (Wildman–Crippen LogP) is 0.699. The first-order valence-corrected chi connectivity index (χ1v) is 5.14. The highest BCUT2D eigenvalue weighted by Crippen LogP contribution is 2.18. The molecule has 0 amide bonds. The van der Waals surface area contributed by atoms with Gasteiger partial charge in [0.1, 0.15) is 6.10 Å². The number of benzene rings is 1. The Morgan fingerprint density at radius 1 is 1.41 bits per heavy atom. The van der Waals surface area contributed by atoms with Crippen LogP contribution in [0.15, 0.2) is 30.3 Å². The molecule has 1 aromatic carbocycles. The summed E-state index contributed by atoms with van der Waals surface area (Å²) >= 11 is 0. The van der Waals surface area contributed by atoms with Crippen LogP contribution in [-0.2, 0) is 16.0 Å². The number of carbonyl (C=O) groups excluding carboxylic acids is 1. The van der Waals surface area contributed by atoms with E-state index in [1.54, 1.807) is 0 Å². The lowest BCUT2D eigenvalue weighted by Crippen LogP contribution is -2.17. The molecule has 1 N–H and O–H groups in total.